The maximum atomic E-state index is 9.01. The van der Waals surface area contributed by atoms with Crippen LogP contribution in [0.1, 0.15) is 0 Å². The summed E-state index contributed by atoms with van der Waals surface area (Å²) in [5, 5.41) is 9.01. The molecule has 0 bridgehead atoms. The van der Waals surface area contributed by atoms with Crippen LogP contribution in [0.2, 0.25) is 0 Å². The van der Waals surface area contributed by atoms with Gasteiger partial charge in [-0.3, -0.25) is 0 Å². The summed E-state index contributed by atoms with van der Waals surface area (Å²) in [7, 11) is 0. The van der Waals surface area contributed by atoms with Crippen LogP contribution in [0.15, 0.2) is 24.3 Å². The molecule has 2 rings (SSSR count). The Balaban J connectivity index is 2.34. The van der Waals surface area contributed by atoms with Crippen molar-refractivity contribution in [3.05, 3.63) is 24.3 Å². The summed E-state index contributed by atoms with van der Waals surface area (Å²) in [4.78, 5) is 0. The molecule has 0 unspecified atom stereocenters. The van der Waals surface area contributed by atoms with Crippen LogP contribution in [0.5, 0.6) is 11.5 Å². The van der Waals surface area contributed by atoms with Crippen molar-refractivity contribution in [2.45, 2.75) is 6.29 Å². The maximum Gasteiger partial charge on any atom is 0.232 e. The molecule has 0 aromatic heterocycles. The molecule has 11 heavy (non-hydrogen) atoms. The van der Waals surface area contributed by atoms with E-state index in [9.17, 15) is 0 Å². The Morgan fingerprint density at radius 3 is 2.82 bits per heavy atom. The smallest absolute Gasteiger partial charge is 0.232 e. The van der Waals surface area contributed by atoms with Crippen molar-refractivity contribution < 1.29 is 14.6 Å². The second kappa shape index (κ2) is 2.43. The van der Waals surface area contributed by atoms with Crippen molar-refractivity contribution >= 4 is 0 Å². The Morgan fingerprint density at radius 2 is 2.00 bits per heavy atom. The van der Waals surface area contributed by atoms with E-state index >= 15 is 0 Å². The molecule has 0 spiro atoms. The minimum Gasteiger partial charge on any atom is -0.483 e. The van der Waals surface area contributed by atoms with Crippen LogP contribution in [0.3, 0.4) is 0 Å². The molecule has 1 aromatic rings. The first-order valence-electron chi connectivity index (χ1n) is 3.43. The third kappa shape index (κ3) is 1.14. The van der Waals surface area contributed by atoms with Gasteiger partial charge in [0.15, 0.2) is 18.1 Å². The summed E-state index contributed by atoms with van der Waals surface area (Å²) >= 11 is 0. The van der Waals surface area contributed by atoms with E-state index in [1.165, 1.54) is 0 Å². The first-order chi connectivity index (χ1) is 5.36. The normalized spacial score (nSPS) is 21.4. The molecule has 1 atom stereocenters. The minimum absolute atomic E-state index is 0.205. The van der Waals surface area contributed by atoms with Crippen molar-refractivity contribution in [2.75, 3.05) is 6.61 Å². The van der Waals surface area contributed by atoms with Crippen LogP contribution in [-0.2, 0) is 0 Å². The number of benzene rings is 1. The second-order valence-electron chi connectivity index (χ2n) is 2.33. The number of ether oxygens (including phenoxy) is 2. The number of hydrogen-bond donors (Lipinski definition) is 1. The van der Waals surface area contributed by atoms with Crippen LogP contribution in [-0.4, -0.2) is 18.0 Å². The molecule has 3 heteroatoms. The van der Waals surface area contributed by atoms with Gasteiger partial charge in [0.25, 0.3) is 0 Å². The molecule has 0 saturated heterocycles. The first-order valence-corrected chi connectivity index (χ1v) is 3.43. The molecule has 1 aromatic carbocycles. The number of aliphatic hydroxyl groups is 1. The van der Waals surface area contributed by atoms with E-state index in [-0.39, 0.29) is 6.61 Å². The van der Waals surface area contributed by atoms with E-state index < -0.39 is 6.29 Å². The third-order valence-corrected chi connectivity index (χ3v) is 1.49. The molecule has 58 valence electrons. The van der Waals surface area contributed by atoms with Gasteiger partial charge in [-0.2, -0.15) is 0 Å². The van der Waals surface area contributed by atoms with Crippen molar-refractivity contribution in [2.24, 2.45) is 0 Å². The molecule has 0 aliphatic carbocycles. The summed E-state index contributed by atoms with van der Waals surface area (Å²) in [5.41, 5.74) is 0. The lowest BCUT2D eigenvalue weighted by Crippen LogP contribution is -2.28. The van der Waals surface area contributed by atoms with Gasteiger partial charge in [-0.05, 0) is 12.1 Å². The van der Waals surface area contributed by atoms with E-state index in [0.29, 0.717) is 11.5 Å². The number of rotatable bonds is 0. The Bertz CT molecular complexity index is 259. The first kappa shape index (κ1) is 6.49. The molecule has 0 radical (unpaired) electrons. The highest BCUT2D eigenvalue weighted by Gasteiger charge is 2.16. The molecule has 0 saturated carbocycles. The number of aliphatic hydroxyl groups excluding tert-OH is 1. The van der Waals surface area contributed by atoms with Gasteiger partial charge >= 0.3 is 0 Å². The Morgan fingerprint density at radius 1 is 1.27 bits per heavy atom. The second-order valence-corrected chi connectivity index (χ2v) is 2.33. The lowest BCUT2D eigenvalue weighted by atomic mass is 10.3. The van der Waals surface area contributed by atoms with Crippen molar-refractivity contribution in [1.82, 2.24) is 0 Å². The predicted molar refractivity (Wildman–Crippen MR) is 38.6 cm³/mol. The zero-order valence-corrected chi connectivity index (χ0v) is 5.86. The molecule has 1 heterocycles. The fourth-order valence-corrected chi connectivity index (χ4v) is 1.01. The van der Waals surface area contributed by atoms with Gasteiger partial charge in [0.2, 0.25) is 6.29 Å². The SMILES string of the molecule is O[C@@H]1COc2ccccc2O1. The van der Waals surface area contributed by atoms with Gasteiger partial charge in [0.1, 0.15) is 0 Å². The lowest BCUT2D eigenvalue weighted by Gasteiger charge is -2.22. The van der Waals surface area contributed by atoms with E-state index in [0.717, 1.165) is 0 Å². The van der Waals surface area contributed by atoms with Crippen molar-refractivity contribution in [1.29, 1.82) is 0 Å². The fraction of sp³-hybridized carbons (Fsp3) is 0.250. The van der Waals surface area contributed by atoms with E-state index in [1.807, 2.05) is 12.1 Å². The largest absolute Gasteiger partial charge is 0.483 e. The minimum atomic E-state index is -0.829. The van der Waals surface area contributed by atoms with Crippen LogP contribution in [0, 0.1) is 0 Å². The van der Waals surface area contributed by atoms with Crippen molar-refractivity contribution in [3.8, 4) is 11.5 Å². The number of fused-ring (bicyclic) bond motifs is 1. The predicted octanol–water partition coefficient (Wildman–Crippen LogP) is 0.776. The molecule has 1 N–H and O–H groups in total. The molecular weight excluding hydrogens is 144 g/mol. The quantitative estimate of drug-likeness (QED) is 0.597. The highest BCUT2D eigenvalue weighted by molar-refractivity contribution is 5.40. The summed E-state index contributed by atoms with van der Waals surface area (Å²) in [6.07, 6.45) is -0.829. The van der Waals surface area contributed by atoms with Gasteiger partial charge in [-0.25, -0.2) is 0 Å². The monoisotopic (exact) mass is 152 g/mol. The van der Waals surface area contributed by atoms with E-state index in [1.54, 1.807) is 12.1 Å². The zero-order chi connectivity index (χ0) is 7.68. The zero-order valence-electron chi connectivity index (χ0n) is 5.86. The Kier molecular flexibility index (Phi) is 1.43. The van der Waals surface area contributed by atoms with Gasteiger partial charge in [-0.15, -0.1) is 0 Å². The average molecular weight is 152 g/mol. The molecule has 0 fully saturated rings. The standard InChI is InChI=1S/C8H8O3/c9-8-5-10-6-3-1-2-4-7(6)11-8/h1-4,8-9H,5H2/t8-/m0/s1. The highest BCUT2D eigenvalue weighted by Crippen LogP contribution is 2.29. The molecular formula is C8H8O3. The van der Waals surface area contributed by atoms with Gasteiger partial charge in [0.05, 0.1) is 0 Å². The topological polar surface area (TPSA) is 38.7 Å². The van der Waals surface area contributed by atoms with Crippen LogP contribution >= 0.6 is 0 Å². The van der Waals surface area contributed by atoms with Gasteiger partial charge < -0.3 is 14.6 Å². The molecule has 1 aliphatic heterocycles. The number of para-hydroxylation sites is 2. The van der Waals surface area contributed by atoms with Gasteiger partial charge in [0, 0.05) is 0 Å². The van der Waals surface area contributed by atoms with Crippen LogP contribution < -0.4 is 9.47 Å². The summed E-state index contributed by atoms with van der Waals surface area (Å²) in [5.74, 6) is 1.30. The third-order valence-electron chi connectivity index (χ3n) is 1.49. The summed E-state index contributed by atoms with van der Waals surface area (Å²) < 4.78 is 10.2. The summed E-state index contributed by atoms with van der Waals surface area (Å²) in [6.45, 7) is 0.205. The van der Waals surface area contributed by atoms with E-state index in [4.69, 9.17) is 14.6 Å². The van der Waals surface area contributed by atoms with Crippen LogP contribution in [0.4, 0.5) is 0 Å². The maximum absolute atomic E-state index is 9.01. The van der Waals surface area contributed by atoms with Crippen molar-refractivity contribution in [3.63, 3.8) is 0 Å². The Hall–Kier alpha value is -1.22. The highest BCUT2D eigenvalue weighted by atomic mass is 16.7. The molecule has 0 amide bonds. The number of hydrogen-bond acceptors (Lipinski definition) is 3. The van der Waals surface area contributed by atoms with E-state index in [2.05, 4.69) is 0 Å². The lowest BCUT2D eigenvalue weighted by molar-refractivity contribution is -0.0669. The molecule has 1 aliphatic rings. The summed E-state index contributed by atoms with van der Waals surface area (Å²) in [6, 6.07) is 7.26. The van der Waals surface area contributed by atoms with Gasteiger partial charge in [-0.1, -0.05) is 12.1 Å². The Labute approximate surface area is 64.2 Å². The molecule has 3 nitrogen and oxygen atoms in total. The van der Waals surface area contributed by atoms with Crippen LogP contribution in [0.25, 0.3) is 0 Å². The average Bonchev–Trinajstić information content (AvgIpc) is 2.04. The fourth-order valence-electron chi connectivity index (χ4n) is 1.01.